The fourth-order valence-corrected chi connectivity index (χ4v) is 7.08. The first kappa shape index (κ1) is 22.5. The van der Waals surface area contributed by atoms with Gasteiger partial charge in [-0.3, -0.25) is 0 Å². The van der Waals surface area contributed by atoms with Gasteiger partial charge in [-0.2, -0.15) is 0 Å². The Bertz CT molecular complexity index is 2430. The predicted molar refractivity (Wildman–Crippen MR) is 168 cm³/mol. The van der Waals surface area contributed by atoms with Gasteiger partial charge in [-0.1, -0.05) is 66.7 Å². The van der Waals surface area contributed by atoms with E-state index in [2.05, 4.69) is 77.8 Å². The molecule has 0 bridgehead atoms. The molecule has 4 aromatic carbocycles. The lowest BCUT2D eigenvalue weighted by atomic mass is 9.93. The van der Waals surface area contributed by atoms with Gasteiger partial charge in [-0.15, -0.1) is 11.3 Å². The smallest absolute Gasteiger partial charge is 0.227 e. The van der Waals surface area contributed by atoms with Crippen LogP contribution >= 0.6 is 11.3 Å². The number of nitrogens with zero attached hydrogens (tertiary/aromatic N) is 2. The average molecular weight is 545 g/mol. The SMILES string of the molecule is c1ccc(-c2cc3cc(-c4ccnc5oc6ccccc6c45)cc(-c4ccnc5sc6ccccc6c45)c3o2)cc1. The first-order chi connectivity index (χ1) is 20.3. The summed E-state index contributed by atoms with van der Waals surface area (Å²) in [5.41, 5.74) is 7.67. The van der Waals surface area contributed by atoms with Gasteiger partial charge in [0.1, 0.15) is 21.8 Å². The zero-order valence-electron chi connectivity index (χ0n) is 21.7. The maximum absolute atomic E-state index is 6.66. The van der Waals surface area contributed by atoms with Crippen LogP contribution in [0.25, 0.3) is 86.9 Å². The molecule has 4 nitrogen and oxygen atoms in total. The minimum atomic E-state index is 0.637. The van der Waals surface area contributed by atoms with E-state index in [1.54, 1.807) is 11.3 Å². The summed E-state index contributed by atoms with van der Waals surface area (Å²) in [5, 5.41) is 5.47. The third-order valence-electron chi connectivity index (χ3n) is 7.83. The second-order valence-corrected chi connectivity index (χ2v) is 11.2. The third kappa shape index (κ3) is 3.39. The summed E-state index contributed by atoms with van der Waals surface area (Å²) < 4.78 is 14.0. The van der Waals surface area contributed by atoms with Gasteiger partial charge in [0.05, 0.1) is 5.39 Å². The van der Waals surface area contributed by atoms with Crippen molar-refractivity contribution in [2.24, 2.45) is 0 Å². The summed E-state index contributed by atoms with van der Waals surface area (Å²) in [7, 11) is 0. The standard InChI is InChI=1S/C36H20N2O2S/c1-2-8-21(9-3-1)30-20-23-18-22(24-14-16-37-35-32(24)26-10-4-6-12-29(26)40-35)19-28(34(23)39-30)25-15-17-38-36-33(25)27-11-5-7-13-31(27)41-36/h1-20H. The molecule has 0 fully saturated rings. The van der Waals surface area contributed by atoms with Gasteiger partial charge in [0.25, 0.3) is 0 Å². The molecule has 9 aromatic rings. The van der Waals surface area contributed by atoms with Crippen molar-refractivity contribution in [3.05, 3.63) is 122 Å². The molecule has 0 atom stereocenters. The number of para-hydroxylation sites is 1. The van der Waals surface area contributed by atoms with Gasteiger partial charge < -0.3 is 8.83 Å². The van der Waals surface area contributed by atoms with Gasteiger partial charge in [-0.05, 0) is 59.2 Å². The molecule has 0 aliphatic carbocycles. The van der Waals surface area contributed by atoms with E-state index >= 15 is 0 Å². The van der Waals surface area contributed by atoms with E-state index < -0.39 is 0 Å². The highest BCUT2D eigenvalue weighted by Crippen LogP contribution is 2.45. The second-order valence-electron chi connectivity index (χ2n) is 10.2. The van der Waals surface area contributed by atoms with Crippen LogP contribution < -0.4 is 0 Å². The van der Waals surface area contributed by atoms with Crippen LogP contribution in [0.1, 0.15) is 0 Å². The Balaban J connectivity index is 1.40. The number of furan rings is 2. The number of hydrogen-bond acceptors (Lipinski definition) is 5. The van der Waals surface area contributed by atoms with Crippen LogP contribution in [0.5, 0.6) is 0 Å². The number of aromatic nitrogens is 2. The Morgan fingerprint density at radius 2 is 1.34 bits per heavy atom. The van der Waals surface area contributed by atoms with Crippen molar-refractivity contribution in [3.63, 3.8) is 0 Å². The van der Waals surface area contributed by atoms with Gasteiger partial charge in [0.2, 0.25) is 5.71 Å². The quantitative estimate of drug-likeness (QED) is 0.222. The maximum Gasteiger partial charge on any atom is 0.227 e. The molecule has 0 amide bonds. The molecule has 0 aliphatic rings. The molecule has 192 valence electrons. The van der Waals surface area contributed by atoms with Crippen LogP contribution in [0.4, 0.5) is 0 Å². The van der Waals surface area contributed by atoms with Crippen LogP contribution in [0.2, 0.25) is 0 Å². The molecule has 5 heteroatoms. The van der Waals surface area contributed by atoms with Crippen LogP contribution in [0, 0.1) is 0 Å². The van der Waals surface area contributed by atoms with Crippen molar-refractivity contribution >= 4 is 64.7 Å². The van der Waals surface area contributed by atoms with Crippen molar-refractivity contribution in [1.82, 2.24) is 9.97 Å². The molecular formula is C36H20N2O2S. The molecule has 0 unspecified atom stereocenters. The number of fused-ring (bicyclic) bond motifs is 7. The van der Waals surface area contributed by atoms with Crippen LogP contribution in [-0.4, -0.2) is 9.97 Å². The van der Waals surface area contributed by atoms with E-state index in [4.69, 9.17) is 13.8 Å². The molecule has 5 heterocycles. The molecule has 0 saturated carbocycles. The summed E-state index contributed by atoms with van der Waals surface area (Å²) in [6, 6.07) is 37.7. The predicted octanol–water partition coefficient (Wildman–Crippen LogP) is 10.5. The topological polar surface area (TPSA) is 52.1 Å². The van der Waals surface area contributed by atoms with Crippen LogP contribution in [-0.2, 0) is 0 Å². The average Bonchev–Trinajstić information content (AvgIpc) is 3.74. The van der Waals surface area contributed by atoms with Crippen molar-refractivity contribution in [1.29, 1.82) is 0 Å². The lowest BCUT2D eigenvalue weighted by Crippen LogP contribution is -1.87. The molecule has 0 radical (unpaired) electrons. The zero-order chi connectivity index (χ0) is 26.9. The van der Waals surface area contributed by atoms with E-state index in [9.17, 15) is 0 Å². The lowest BCUT2D eigenvalue weighted by molar-refractivity contribution is 0.632. The number of rotatable bonds is 3. The Labute approximate surface area is 238 Å². The van der Waals surface area contributed by atoms with Crippen LogP contribution in [0.3, 0.4) is 0 Å². The normalized spacial score (nSPS) is 11.9. The van der Waals surface area contributed by atoms with E-state index in [0.717, 1.165) is 71.1 Å². The molecule has 0 saturated heterocycles. The van der Waals surface area contributed by atoms with Crippen molar-refractivity contribution < 1.29 is 8.83 Å². The maximum atomic E-state index is 6.66. The highest BCUT2D eigenvalue weighted by molar-refractivity contribution is 7.25. The minimum absolute atomic E-state index is 0.637. The van der Waals surface area contributed by atoms with Crippen molar-refractivity contribution in [3.8, 4) is 33.6 Å². The van der Waals surface area contributed by atoms with E-state index in [1.165, 1.54) is 10.1 Å². The summed E-state index contributed by atoms with van der Waals surface area (Å²) in [4.78, 5) is 10.3. The first-order valence-electron chi connectivity index (χ1n) is 13.5. The van der Waals surface area contributed by atoms with E-state index in [1.807, 2.05) is 48.8 Å². The summed E-state index contributed by atoms with van der Waals surface area (Å²) in [5.74, 6) is 0.841. The third-order valence-corrected chi connectivity index (χ3v) is 8.91. The second kappa shape index (κ2) is 8.62. The highest BCUT2D eigenvalue weighted by Gasteiger charge is 2.20. The number of thiophene rings is 1. The van der Waals surface area contributed by atoms with Crippen LogP contribution in [0.15, 0.2) is 130 Å². The van der Waals surface area contributed by atoms with E-state index in [0.29, 0.717) is 5.71 Å². The first-order valence-corrected chi connectivity index (χ1v) is 14.3. The van der Waals surface area contributed by atoms with Gasteiger partial charge in [0.15, 0.2) is 0 Å². The molecule has 0 spiro atoms. The van der Waals surface area contributed by atoms with Gasteiger partial charge in [-0.25, -0.2) is 9.97 Å². The fourth-order valence-electron chi connectivity index (χ4n) is 6.01. The van der Waals surface area contributed by atoms with Gasteiger partial charge >= 0.3 is 0 Å². The Hall–Kier alpha value is -5.26. The molecule has 41 heavy (non-hydrogen) atoms. The summed E-state index contributed by atoms with van der Waals surface area (Å²) >= 11 is 1.72. The number of benzene rings is 4. The molecule has 9 rings (SSSR count). The number of hydrogen-bond donors (Lipinski definition) is 0. The summed E-state index contributed by atoms with van der Waals surface area (Å²) in [6.45, 7) is 0. The molecule has 0 N–H and O–H groups in total. The largest absolute Gasteiger partial charge is 0.455 e. The highest BCUT2D eigenvalue weighted by atomic mass is 32.1. The fraction of sp³-hybridized carbons (Fsp3) is 0. The molecule has 5 aromatic heterocycles. The Morgan fingerprint density at radius 1 is 0.561 bits per heavy atom. The van der Waals surface area contributed by atoms with Crippen molar-refractivity contribution in [2.75, 3.05) is 0 Å². The Kier molecular flexibility index (Phi) is 4.74. The lowest BCUT2D eigenvalue weighted by Gasteiger charge is -2.10. The summed E-state index contributed by atoms with van der Waals surface area (Å²) in [6.07, 6.45) is 3.73. The molecular weight excluding hydrogens is 524 g/mol. The Morgan fingerprint density at radius 3 is 2.27 bits per heavy atom. The minimum Gasteiger partial charge on any atom is -0.455 e. The molecule has 0 aliphatic heterocycles. The monoisotopic (exact) mass is 544 g/mol. The van der Waals surface area contributed by atoms with Crippen molar-refractivity contribution in [2.45, 2.75) is 0 Å². The zero-order valence-corrected chi connectivity index (χ0v) is 22.5. The number of pyridine rings is 2. The van der Waals surface area contributed by atoms with E-state index in [-0.39, 0.29) is 0 Å². The van der Waals surface area contributed by atoms with Gasteiger partial charge in [0, 0.05) is 49.8 Å².